The van der Waals surface area contributed by atoms with Crippen molar-refractivity contribution in [3.05, 3.63) is 17.7 Å². The molecule has 0 unspecified atom stereocenters. The molecule has 7 heteroatoms. The summed E-state index contributed by atoms with van der Waals surface area (Å²) in [6.07, 6.45) is -0.445. The predicted octanol–water partition coefficient (Wildman–Crippen LogP) is 1.92. The van der Waals surface area contributed by atoms with Crippen LogP contribution in [-0.2, 0) is 4.74 Å². The average molecular weight is 290 g/mol. The average Bonchev–Trinajstić information content (AvgIpc) is 2.83. The number of amides is 1. The molecule has 1 heterocycles. The minimum atomic E-state index is -0.445. The molecular formula is C12H16ClNO5. The fourth-order valence-electron chi connectivity index (χ4n) is 1.92. The highest BCUT2D eigenvalue weighted by Crippen LogP contribution is 2.39. The Morgan fingerprint density at radius 3 is 2.11 bits per heavy atom. The molecule has 106 valence electrons. The largest absolute Gasteiger partial charge is 0.496 e. The van der Waals surface area contributed by atoms with Gasteiger partial charge in [-0.15, -0.1) is 12.4 Å². The number of cyclic esters (lactones) is 1. The van der Waals surface area contributed by atoms with Gasteiger partial charge in [0.1, 0.15) is 23.9 Å². The summed E-state index contributed by atoms with van der Waals surface area (Å²) in [5.74, 6) is 1.79. The Morgan fingerprint density at radius 1 is 1.16 bits per heavy atom. The number of alkyl carbamates (subject to hydrolysis) is 1. The van der Waals surface area contributed by atoms with E-state index in [1.807, 2.05) is 0 Å². The van der Waals surface area contributed by atoms with Crippen LogP contribution in [0.15, 0.2) is 12.1 Å². The number of nitrogens with one attached hydrogen (secondary N) is 1. The van der Waals surface area contributed by atoms with Gasteiger partial charge in [0.05, 0.1) is 32.9 Å². The summed E-state index contributed by atoms with van der Waals surface area (Å²) in [6.45, 7) is 0.248. The van der Waals surface area contributed by atoms with Crippen molar-refractivity contribution in [3.63, 3.8) is 0 Å². The number of hydrogen-bond acceptors (Lipinski definition) is 5. The summed E-state index contributed by atoms with van der Waals surface area (Å²) in [5, 5.41) is 2.70. The van der Waals surface area contributed by atoms with E-state index in [1.165, 1.54) is 0 Å². The number of carbonyl (C=O) groups excluding carboxylic acids is 1. The standard InChI is InChI=1S/C12H15NO5.ClH/c1-15-7-4-9(16-2)11(10(5-7)17-3)8-6-18-12(14)13-8;/h4-5,8H,6H2,1-3H3,(H,13,14);1H/t8-;/m0./s1. The highest BCUT2D eigenvalue weighted by atomic mass is 35.5. The summed E-state index contributed by atoms with van der Waals surface area (Å²) in [4.78, 5) is 11.1. The lowest BCUT2D eigenvalue weighted by Crippen LogP contribution is -2.19. The summed E-state index contributed by atoms with van der Waals surface area (Å²) in [5.41, 5.74) is 0.742. The Labute approximate surface area is 117 Å². The summed E-state index contributed by atoms with van der Waals surface area (Å²) in [6, 6.07) is 3.19. The van der Waals surface area contributed by atoms with E-state index in [0.29, 0.717) is 17.2 Å². The SMILES string of the molecule is COc1cc(OC)c([C@@H]2COC(=O)N2)c(OC)c1.Cl. The third-order valence-electron chi connectivity index (χ3n) is 2.77. The van der Waals surface area contributed by atoms with Gasteiger partial charge in [0, 0.05) is 12.1 Å². The van der Waals surface area contributed by atoms with E-state index in [1.54, 1.807) is 33.5 Å². The fourth-order valence-corrected chi connectivity index (χ4v) is 1.92. The van der Waals surface area contributed by atoms with Crippen LogP contribution in [0.4, 0.5) is 4.79 Å². The quantitative estimate of drug-likeness (QED) is 0.917. The molecule has 1 atom stereocenters. The van der Waals surface area contributed by atoms with Crippen LogP contribution in [-0.4, -0.2) is 34.0 Å². The van der Waals surface area contributed by atoms with Crippen molar-refractivity contribution in [3.8, 4) is 17.2 Å². The zero-order valence-electron chi connectivity index (χ0n) is 10.9. The minimum absolute atomic E-state index is 0. The maximum absolute atomic E-state index is 11.1. The molecule has 0 aliphatic carbocycles. The smallest absolute Gasteiger partial charge is 0.407 e. The zero-order chi connectivity index (χ0) is 13.1. The highest BCUT2D eigenvalue weighted by Gasteiger charge is 2.30. The first-order valence-electron chi connectivity index (χ1n) is 5.42. The Hall–Kier alpha value is -1.82. The van der Waals surface area contributed by atoms with Gasteiger partial charge in [-0.05, 0) is 0 Å². The molecule has 1 amide bonds. The van der Waals surface area contributed by atoms with Crippen molar-refractivity contribution < 1.29 is 23.7 Å². The number of hydrogen-bond donors (Lipinski definition) is 1. The van der Waals surface area contributed by atoms with Crippen LogP contribution >= 0.6 is 12.4 Å². The van der Waals surface area contributed by atoms with Gasteiger partial charge < -0.3 is 24.3 Å². The molecule has 1 aromatic carbocycles. The van der Waals surface area contributed by atoms with Crippen LogP contribution < -0.4 is 19.5 Å². The fraction of sp³-hybridized carbons (Fsp3) is 0.417. The van der Waals surface area contributed by atoms with Gasteiger partial charge in [0.15, 0.2) is 0 Å². The molecule has 0 radical (unpaired) electrons. The van der Waals surface area contributed by atoms with Crippen LogP contribution in [0.3, 0.4) is 0 Å². The predicted molar refractivity (Wildman–Crippen MR) is 70.6 cm³/mol. The van der Waals surface area contributed by atoms with Gasteiger partial charge in [0.25, 0.3) is 0 Å². The summed E-state index contributed by atoms with van der Waals surface area (Å²) in [7, 11) is 4.67. The van der Waals surface area contributed by atoms with Crippen molar-refractivity contribution in [1.82, 2.24) is 5.32 Å². The Balaban J connectivity index is 0.00000180. The zero-order valence-corrected chi connectivity index (χ0v) is 11.7. The highest BCUT2D eigenvalue weighted by molar-refractivity contribution is 5.85. The summed E-state index contributed by atoms with van der Waals surface area (Å²) < 4.78 is 20.7. The lowest BCUT2D eigenvalue weighted by molar-refractivity contribution is 0.176. The number of methoxy groups -OCH3 is 3. The molecule has 2 rings (SSSR count). The lowest BCUT2D eigenvalue weighted by atomic mass is 10.0. The molecule has 0 saturated carbocycles. The topological polar surface area (TPSA) is 66.0 Å². The second kappa shape index (κ2) is 6.38. The molecular weight excluding hydrogens is 274 g/mol. The molecule has 1 N–H and O–H groups in total. The van der Waals surface area contributed by atoms with Gasteiger partial charge >= 0.3 is 6.09 Å². The van der Waals surface area contributed by atoms with Crippen molar-refractivity contribution in [2.24, 2.45) is 0 Å². The van der Waals surface area contributed by atoms with E-state index in [0.717, 1.165) is 5.56 Å². The van der Waals surface area contributed by atoms with Gasteiger partial charge in [-0.2, -0.15) is 0 Å². The van der Waals surface area contributed by atoms with Gasteiger partial charge in [-0.3, -0.25) is 0 Å². The molecule has 1 aliphatic rings. The maximum Gasteiger partial charge on any atom is 0.407 e. The molecule has 1 fully saturated rings. The van der Waals surface area contributed by atoms with E-state index in [4.69, 9.17) is 18.9 Å². The van der Waals surface area contributed by atoms with Crippen molar-refractivity contribution >= 4 is 18.5 Å². The molecule has 6 nitrogen and oxygen atoms in total. The van der Waals surface area contributed by atoms with Crippen LogP contribution in [0.5, 0.6) is 17.2 Å². The van der Waals surface area contributed by atoms with E-state index in [9.17, 15) is 4.79 Å². The summed E-state index contributed by atoms with van der Waals surface area (Å²) >= 11 is 0. The normalized spacial score (nSPS) is 17.0. The van der Waals surface area contributed by atoms with Gasteiger partial charge in [0.2, 0.25) is 0 Å². The number of ether oxygens (including phenoxy) is 4. The molecule has 19 heavy (non-hydrogen) atoms. The minimum Gasteiger partial charge on any atom is -0.496 e. The third kappa shape index (κ3) is 2.96. The van der Waals surface area contributed by atoms with Crippen molar-refractivity contribution in [1.29, 1.82) is 0 Å². The van der Waals surface area contributed by atoms with Gasteiger partial charge in [-0.1, -0.05) is 0 Å². The third-order valence-corrected chi connectivity index (χ3v) is 2.77. The second-order valence-corrected chi connectivity index (χ2v) is 3.74. The first kappa shape index (κ1) is 15.2. The molecule has 1 aliphatic heterocycles. The number of halogens is 1. The monoisotopic (exact) mass is 289 g/mol. The molecule has 0 aromatic heterocycles. The lowest BCUT2D eigenvalue weighted by Gasteiger charge is -2.18. The van der Waals surface area contributed by atoms with Crippen LogP contribution in [0.2, 0.25) is 0 Å². The van der Waals surface area contributed by atoms with E-state index in [2.05, 4.69) is 5.32 Å². The molecule has 1 aromatic rings. The van der Waals surface area contributed by atoms with E-state index >= 15 is 0 Å². The second-order valence-electron chi connectivity index (χ2n) is 3.74. The van der Waals surface area contributed by atoms with E-state index in [-0.39, 0.29) is 25.1 Å². The number of rotatable bonds is 4. The molecule has 0 spiro atoms. The van der Waals surface area contributed by atoms with E-state index < -0.39 is 6.09 Å². The first-order valence-corrected chi connectivity index (χ1v) is 5.42. The molecule has 0 bridgehead atoms. The number of carbonyl (C=O) groups is 1. The van der Waals surface area contributed by atoms with Crippen LogP contribution in [0.1, 0.15) is 11.6 Å². The van der Waals surface area contributed by atoms with Crippen LogP contribution in [0, 0.1) is 0 Å². The van der Waals surface area contributed by atoms with Gasteiger partial charge in [-0.25, -0.2) is 4.79 Å². The Kier molecular flexibility index (Phi) is 5.11. The van der Waals surface area contributed by atoms with Crippen molar-refractivity contribution in [2.75, 3.05) is 27.9 Å². The number of benzene rings is 1. The molecule has 1 saturated heterocycles. The first-order chi connectivity index (χ1) is 8.69. The van der Waals surface area contributed by atoms with Crippen molar-refractivity contribution in [2.45, 2.75) is 6.04 Å². The van der Waals surface area contributed by atoms with Crippen LogP contribution in [0.25, 0.3) is 0 Å². The Morgan fingerprint density at radius 2 is 1.74 bits per heavy atom. The Bertz CT molecular complexity index is 440. The maximum atomic E-state index is 11.1.